The van der Waals surface area contributed by atoms with Crippen LogP contribution in [0, 0.1) is 0 Å². The van der Waals surface area contributed by atoms with Gasteiger partial charge in [0.15, 0.2) is 0 Å². The van der Waals surface area contributed by atoms with Crippen molar-refractivity contribution < 1.29 is 0 Å². The fourth-order valence-electron chi connectivity index (χ4n) is 1.01. The van der Waals surface area contributed by atoms with E-state index < -0.39 is 0 Å². The van der Waals surface area contributed by atoms with Gasteiger partial charge < -0.3 is 0 Å². The second-order valence-electron chi connectivity index (χ2n) is 3.23. The van der Waals surface area contributed by atoms with E-state index in [0.29, 0.717) is 0 Å². The molecule has 1 heterocycles. The first-order valence-corrected chi connectivity index (χ1v) is 4.18. The third-order valence-electron chi connectivity index (χ3n) is 2.19. The zero-order valence-electron chi connectivity index (χ0n) is 8.18. The van der Waals surface area contributed by atoms with Crippen LogP contribution in [0.15, 0.2) is 40.1 Å². The second kappa shape index (κ2) is 3.53. The van der Waals surface area contributed by atoms with E-state index in [1.165, 1.54) is 16.7 Å². The number of rotatable bonds is 0. The maximum atomic E-state index is 4.34. The highest BCUT2D eigenvalue weighted by Crippen LogP contribution is 2.12. The van der Waals surface area contributed by atoms with E-state index >= 15 is 0 Å². The number of nitrogens with zero attached hydrogens (tertiary/aromatic N) is 1. The van der Waals surface area contributed by atoms with E-state index in [4.69, 9.17) is 0 Å². The summed E-state index contributed by atoms with van der Waals surface area (Å²) < 4.78 is 0. The molecule has 0 saturated carbocycles. The van der Waals surface area contributed by atoms with Crippen LogP contribution >= 0.6 is 0 Å². The molecule has 0 saturated heterocycles. The number of allylic oxidation sites excluding steroid dienone is 5. The van der Waals surface area contributed by atoms with E-state index in [0.717, 1.165) is 5.71 Å². The van der Waals surface area contributed by atoms with Gasteiger partial charge in [-0.15, -0.1) is 0 Å². The maximum Gasteiger partial charge on any atom is 0.0404 e. The summed E-state index contributed by atoms with van der Waals surface area (Å²) in [5, 5.41) is 0. The van der Waals surface area contributed by atoms with Crippen LogP contribution < -0.4 is 0 Å². The van der Waals surface area contributed by atoms with Crippen molar-refractivity contribution in [1.29, 1.82) is 0 Å². The summed E-state index contributed by atoms with van der Waals surface area (Å²) >= 11 is 0. The molecule has 1 heteroatoms. The monoisotopic (exact) mass is 161 g/mol. The first-order valence-electron chi connectivity index (χ1n) is 4.18. The van der Waals surface area contributed by atoms with E-state index in [9.17, 15) is 0 Å². The first-order chi connectivity index (χ1) is 5.61. The topological polar surface area (TPSA) is 12.4 Å². The molecular weight excluding hydrogens is 146 g/mol. The molecule has 0 N–H and O–H groups in total. The van der Waals surface area contributed by atoms with Crippen LogP contribution in [0.1, 0.15) is 27.7 Å². The highest BCUT2D eigenvalue weighted by Gasteiger charge is 1.99. The Hall–Kier alpha value is -1.11. The van der Waals surface area contributed by atoms with Crippen LogP contribution in [0.25, 0.3) is 0 Å². The third-order valence-corrected chi connectivity index (χ3v) is 2.19. The van der Waals surface area contributed by atoms with Gasteiger partial charge in [0.05, 0.1) is 0 Å². The Morgan fingerprint density at radius 3 is 2.33 bits per heavy atom. The van der Waals surface area contributed by atoms with Crippen molar-refractivity contribution in [2.24, 2.45) is 4.99 Å². The predicted octanol–water partition coefficient (Wildman–Crippen LogP) is 3.26. The van der Waals surface area contributed by atoms with Gasteiger partial charge in [-0.25, -0.2) is 0 Å². The maximum absolute atomic E-state index is 4.34. The average molecular weight is 161 g/mol. The van der Waals surface area contributed by atoms with Crippen LogP contribution in [-0.2, 0) is 0 Å². The highest BCUT2D eigenvalue weighted by molar-refractivity contribution is 5.99. The van der Waals surface area contributed by atoms with Crippen molar-refractivity contribution in [2.75, 3.05) is 0 Å². The predicted molar refractivity (Wildman–Crippen MR) is 54.4 cm³/mol. The highest BCUT2D eigenvalue weighted by atomic mass is 14.7. The van der Waals surface area contributed by atoms with Gasteiger partial charge in [0.2, 0.25) is 0 Å². The molecule has 1 aliphatic heterocycles. The molecule has 0 fully saturated rings. The van der Waals surface area contributed by atoms with E-state index in [1.807, 2.05) is 13.1 Å². The Bertz CT molecular complexity index is 301. The lowest BCUT2D eigenvalue weighted by Gasteiger charge is -2.05. The van der Waals surface area contributed by atoms with Crippen molar-refractivity contribution in [3.8, 4) is 0 Å². The molecule has 0 radical (unpaired) electrons. The van der Waals surface area contributed by atoms with Crippen LogP contribution in [0.5, 0.6) is 0 Å². The summed E-state index contributed by atoms with van der Waals surface area (Å²) in [7, 11) is 0. The lowest BCUT2D eigenvalue weighted by atomic mass is 10.1. The molecule has 1 aliphatic rings. The minimum Gasteiger partial charge on any atom is -0.261 e. The normalized spacial score (nSPS) is 18.3. The van der Waals surface area contributed by atoms with Crippen molar-refractivity contribution in [2.45, 2.75) is 27.7 Å². The summed E-state index contributed by atoms with van der Waals surface area (Å²) in [5.74, 6) is 0. The van der Waals surface area contributed by atoms with Gasteiger partial charge in [-0.3, -0.25) is 4.99 Å². The summed E-state index contributed by atoms with van der Waals surface area (Å²) in [4.78, 5) is 4.34. The third kappa shape index (κ3) is 1.94. The van der Waals surface area contributed by atoms with E-state index in [-0.39, 0.29) is 0 Å². The Morgan fingerprint density at radius 1 is 1.00 bits per heavy atom. The van der Waals surface area contributed by atoms with Gasteiger partial charge in [-0.1, -0.05) is 12.2 Å². The van der Waals surface area contributed by atoms with Crippen molar-refractivity contribution in [3.05, 3.63) is 35.1 Å². The molecule has 0 atom stereocenters. The Balaban J connectivity index is 3.12. The Kier molecular flexibility index (Phi) is 2.64. The molecule has 0 aromatic heterocycles. The van der Waals surface area contributed by atoms with Gasteiger partial charge >= 0.3 is 0 Å². The van der Waals surface area contributed by atoms with Crippen LogP contribution in [0.2, 0.25) is 0 Å². The Labute approximate surface area is 74.2 Å². The van der Waals surface area contributed by atoms with Crippen molar-refractivity contribution in [1.82, 2.24) is 0 Å². The van der Waals surface area contributed by atoms with Gasteiger partial charge in [0.25, 0.3) is 0 Å². The van der Waals surface area contributed by atoms with Gasteiger partial charge in [-0.2, -0.15) is 0 Å². The molecule has 0 bridgehead atoms. The first kappa shape index (κ1) is 8.98. The largest absolute Gasteiger partial charge is 0.261 e. The SMILES string of the molecule is CC1=CN=C(C)C(C)=C(C)C=C1. The zero-order chi connectivity index (χ0) is 9.14. The van der Waals surface area contributed by atoms with Gasteiger partial charge in [-0.05, 0) is 44.4 Å². The molecule has 1 rings (SSSR count). The van der Waals surface area contributed by atoms with Gasteiger partial charge in [0, 0.05) is 11.9 Å². The summed E-state index contributed by atoms with van der Waals surface area (Å²) in [6, 6.07) is 0. The minimum absolute atomic E-state index is 1.11. The lowest BCUT2D eigenvalue weighted by Crippen LogP contribution is -1.96. The molecule has 0 unspecified atom stereocenters. The molecule has 12 heavy (non-hydrogen) atoms. The quantitative estimate of drug-likeness (QED) is 0.517. The Morgan fingerprint density at radius 2 is 1.67 bits per heavy atom. The molecule has 1 nitrogen and oxygen atoms in total. The van der Waals surface area contributed by atoms with Crippen molar-refractivity contribution in [3.63, 3.8) is 0 Å². The smallest absolute Gasteiger partial charge is 0.0404 e. The van der Waals surface area contributed by atoms with Crippen LogP contribution in [-0.4, -0.2) is 5.71 Å². The molecule has 0 spiro atoms. The average Bonchev–Trinajstić information content (AvgIpc) is 2.07. The standard InChI is InChI=1S/C11H15N/c1-8-5-6-9(2)10(3)11(4)12-7-8/h5-7H,1-4H3. The summed E-state index contributed by atoms with van der Waals surface area (Å²) in [5.41, 5.74) is 4.87. The number of aliphatic imine (C=N–C) groups is 1. The summed E-state index contributed by atoms with van der Waals surface area (Å²) in [6.07, 6.45) is 6.13. The van der Waals surface area contributed by atoms with Crippen LogP contribution in [0.3, 0.4) is 0 Å². The molecular formula is C11H15N. The number of hydrogen-bond acceptors (Lipinski definition) is 1. The van der Waals surface area contributed by atoms with Crippen molar-refractivity contribution >= 4 is 5.71 Å². The summed E-state index contributed by atoms with van der Waals surface area (Å²) in [6.45, 7) is 8.32. The second-order valence-corrected chi connectivity index (χ2v) is 3.23. The zero-order valence-corrected chi connectivity index (χ0v) is 8.18. The fourth-order valence-corrected chi connectivity index (χ4v) is 1.01. The molecule has 0 aromatic carbocycles. The van der Waals surface area contributed by atoms with E-state index in [2.05, 4.69) is 37.9 Å². The molecule has 0 aliphatic carbocycles. The van der Waals surface area contributed by atoms with Crippen LogP contribution in [0.4, 0.5) is 0 Å². The number of hydrogen-bond donors (Lipinski definition) is 0. The minimum atomic E-state index is 1.11. The lowest BCUT2D eigenvalue weighted by molar-refractivity contribution is 1.32. The molecule has 0 aromatic rings. The van der Waals surface area contributed by atoms with Gasteiger partial charge in [0.1, 0.15) is 0 Å². The fraction of sp³-hybridized carbons (Fsp3) is 0.364. The molecule has 64 valence electrons. The van der Waals surface area contributed by atoms with E-state index in [1.54, 1.807) is 0 Å². The molecule has 0 amide bonds.